The zero-order valence-electron chi connectivity index (χ0n) is 11.0. The first kappa shape index (κ1) is 14.5. The predicted molar refractivity (Wildman–Crippen MR) is 68.6 cm³/mol. The van der Waals surface area contributed by atoms with E-state index in [1.54, 1.807) is 13.8 Å². The van der Waals surface area contributed by atoms with Crippen LogP contribution in [0.25, 0.3) is 0 Å². The van der Waals surface area contributed by atoms with Crippen LogP contribution in [-0.4, -0.2) is 29.6 Å². The maximum absolute atomic E-state index is 10.9. The normalized spacial score (nSPS) is 10.6. The molecule has 1 heterocycles. The van der Waals surface area contributed by atoms with E-state index in [4.69, 9.17) is 4.74 Å². The molecular formula is C12H19N3O3. The summed E-state index contributed by atoms with van der Waals surface area (Å²) in [5, 5.41) is 14.1. The summed E-state index contributed by atoms with van der Waals surface area (Å²) in [6.45, 7) is 7.96. The summed E-state index contributed by atoms with van der Waals surface area (Å²) < 4.78 is 5.43. The molecule has 0 unspecified atom stereocenters. The number of ether oxygens (including phenoxy) is 1. The van der Waals surface area contributed by atoms with Gasteiger partial charge in [-0.15, -0.1) is 0 Å². The Kier molecular flexibility index (Phi) is 5.67. The summed E-state index contributed by atoms with van der Waals surface area (Å²) in [5.74, 6) is 0. The summed E-state index contributed by atoms with van der Waals surface area (Å²) in [6.07, 6.45) is 1.52. The Morgan fingerprint density at radius 3 is 2.83 bits per heavy atom. The highest BCUT2D eigenvalue weighted by Crippen LogP contribution is 2.24. The van der Waals surface area contributed by atoms with Crippen molar-refractivity contribution in [3.8, 4) is 0 Å². The summed E-state index contributed by atoms with van der Waals surface area (Å²) >= 11 is 0. The summed E-state index contributed by atoms with van der Waals surface area (Å²) in [5.41, 5.74) is 1.93. The Balaban J connectivity index is 2.67. The van der Waals surface area contributed by atoms with E-state index in [0.29, 0.717) is 30.0 Å². The average molecular weight is 253 g/mol. The number of likely N-dealkylation sites (N-methyl/N-ethyl adjacent to an activating group) is 1. The Morgan fingerprint density at radius 1 is 1.50 bits per heavy atom. The van der Waals surface area contributed by atoms with E-state index in [1.165, 1.54) is 6.20 Å². The number of hydrogen-bond donors (Lipinski definition) is 1. The van der Waals surface area contributed by atoms with Crippen molar-refractivity contribution in [1.82, 2.24) is 10.3 Å². The average Bonchev–Trinajstić information content (AvgIpc) is 2.31. The molecule has 0 aliphatic heterocycles. The van der Waals surface area contributed by atoms with Gasteiger partial charge < -0.3 is 10.1 Å². The molecule has 1 aromatic rings. The van der Waals surface area contributed by atoms with E-state index in [0.717, 1.165) is 13.1 Å². The smallest absolute Gasteiger partial charge is 0.278 e. The lowest BCUT2D eigenvalue weighted by Crippen LogP contribution is -2.19. The number of nitro groups is 1. The van der Waals surface area contributed by atoms with Crippen LogP contribution in [0.15, 0.2) is 6.20 Å². The Labute approximate surface area is 107 Å². The van der Waals surface area contributed by atoms with Gasteiger partial charge in [0.15, 0.2) is 0 Å². The highest BCUT2D eigenvalue weighted by molar-refractivity contribution is 5.47. The summed E-state index contributed by atoms with van der Waals surface area (Å²) in [7, 11) is 0. The number of nitrogens with zero attached hydrogens (tertiary/aromatic N) is 2. The molecule has 1 rings (SSSR count). The molecule has 100 valence electrons. The van der Waals surface area contributed by atoms with E-state index < -0.39 is 0 Å². The van der Waals surface area contributed by atoms with Gasteiger partial charge in [-0.25, -0.2) is 0 Å². The number of hydrogen-bond acceptors (Lipinski definition) is 5. The maximum Gasteiger partial charge on any atom is 0.278 e. The fraction of sp³-hybridized carbons (Fsp3) is 0.583. The van der Waals surface area contributed by atoms with Gasteiger partial charge in [-0.3, -0.25) is 15.1 Å². The van der Waals surface area contributed by atoms with Gasteiger partial charge in [-0.2, -0.15) is 0 Å². The molecule has 0 saturated carbocycles. The number of pyridine rings is 1. The lowest BCUT2D eigenvalue weighted by Gasteiger charge is -2.08. The summed E-state index contributed by atoms with van der Waals surface area (Å²) in [6, 6.07) is 0. The van der Waals surface area contributed by atoms with Crippen LogP contribution >= 0.6 is 0 Å². The molecule has 1 N–H and O–H groups in total. The monoisotopic (exact) mass is 253 g/mol. The van der Waals surface area contributed by atoms with Gasteiger partial charge in [0.05, 0.1) is 29.4 Å². The van der Waals surface area contributed by atoms with Gasteiger partial charge in [-0.1, -0.05) is 6.92 Å². The first-order valence-corrected chi connectivity index (χ1v) is 5.95. The zero-order chi connectivity index (χ0) is 13.5. The molecule has 0 bridgehead atoms. The largest absolute Gasteiger partial charge is 0.374 e. The molecule has 0 fully saturated rings. The second kappa shape index (κ2) is 7.03. The second-order valence-corrected chi connectivity index (χ2v) is 4.02. The van der Waals surface area contributed by atoms with Crippen LogP contribution in [0.3, 0.4) is 0 Å². The number of rotatable bonds is 7. The van der Waals surface area contributed by atoms with E-state index in [2.05, 4.69) is 10.3 Å². The number of nitrogens with one attached hydrogen (secondary N) is 1. The van der Waals surface area contributed by atoms with Crippen LogP contribution < -0.4 is 5.32 Å². The van der Waals surface area contributed by atoms with Gasteiger partial charge in [0.25, 0.3) is 5.69 Å². The van der Waals surface area contributed by atoms with Crippen LogP contribution in [0.4, 0.5) is 5.69 Å². The third-order valence-electron chi connectivity index (χ3n) is 2.67. The highest BCUT2D eigenvalue weighted by atomic mass is 16.6. The minimum absolute atomic E-state index is 0.135. The van der Waals surface area contributed by atoms with E-state index in [-0.39, 0.29) is 10.6 Å². The fourth-order valence-electron chi connectivity index (χ4n) is 1.68. The van der Waals surface area contributed by atoms with Crippen molar-refractivity contribution < 1.29 is 9.66 Å². The molecule has 0 aliphatic rings. The molecule has 0 saturated heterocycles. The van der Waals surface area contributed by atoms with Crippen molar-refractivity contribution in [2.24, 2.45) is 0 Å². The molecule has 1 aromatic heterocycles. The second-order valence-electron chi connectivity index (χ2n) is 4.02. The molecule has 0 spiro atoms. The van der Waals surface area contributed by atoms with Crippen molar-refractivity contribution in [2.45, 2.75) is 27.4 Å². The van der Waals surface area contributed by atoms with Crippen LogP contribution in [0, 0.1) is 24.0 Å². The van der Waals surface area contributed by atoms with Gasteiger partial charge >= 0.3 is 0 Å². The third-order valence-corrected chi connectivity index (χ3v) is 2.67. The maximum atomic E-state index is 10.9. The van der Waals surface area contributed by atoms with Crippen molar-refractivity contribution in [1.29, 1.82) is 0 Å². The standard InChI is InChI=1S/C12H19N3O3/c1-4-13-5-6-18-8-11-10(3)12(15(16)17)9(2)7-14-11/h7,13H,4-6,8H2,1-3H3. The predicted octanol–water partition coefficient (Wildman–Crippen LogP) is 1.73. The fourth-order valence-corrected chi connectivity index (χ4v) is 1.68. The number of aromatic nitrogens is 1. The van der Waals surface area contributed by atoms with E-state index in [9.17, 15) is 10.1 Å². The molecule has 0 radical (unpaired) electrons. The molecule has 0 aliphatic carbocycles. The lowest BCUT2D eigenvalue weighted by molar-refractivity contribution is -0.386. The Morgan fingerprint density at radius 2 is 2.22 bits per heavy atom. The summed E-state index contributed by atoms with van der Waals surface area (Å²) in [4.78, 5) is 14.8. The first-order chi connectivity index (χ1) is 8.57. The van der Waals surface area contributed by atoms with Crippen molar-refractivity contribution >= 4 is 5.69 Å². The van der Waals surface area contributed by atoms with Gasteiger partial charge in [0.1, 0.15) is 0 Å². The van der Waals surface area contributed by atoms with Gasteiger partial charge in [0.2, 0.25) is 0 Å². The van der Waals surface area contributed by atoms with Crippen LogP contribution in [0.1, 0.15) is 23.7 Å². The minimum Gasteiger partial charge on any atom is -0.374 e. The van der Waals surface area contributed by atoms with Crippen LogP contribution in [0.2, 0.25) is 0 Å². The third kappa shape index (κ3) is 3.75. The van der Waals surface area contributed by atoms with Crippen molar-refractivity contribution in [3.63, 3.8) is 0 Å². The zero-order valence-corrected chi connectivity index (χ0v) is 11.0. The lowest BCUT2D eigenvalue weighted by atomic mass is 10.1. The molecule has 18 heavy (non-hydrogen) atoms. The Bertz CT molecular complexity index is 421. The van der Waals surface area contributed by atoms with Crippen molar-refractivity contribution in [2.75, 3.05) is 19.7 Å². The SMILES string of the molecule is CCNCCOCc1ncc(C)c([N+](=O)[O-])c1C. The van der Waals surface area contributed by atoms with Gasteiger partial charge in [0, 0.05) is 18.3 Å². The number of aryl methyl sites for hydroxylation is 1. The molecule has 0 aromatic carbocycles. The molecule has 6 heteroatoms. The molecular weight excluding hydrogens is 234 g/mol. The molecule has 0 atom stereocenters. The van der Waals surface area contributed by atoms with Crippen molar-refractivity contribution in [3.05, 3.63) is 33.1 Å². The highest BCUT2D eigenvalue weighted by Gasteiger charge is 2.18. The molecule has 6 nitrogen and oxygen atoms in total. The quantitative estimate of drug-likeness (QED) is 0.455. The molecule has 0 amide bonds. The topological polar surface area (TPSA) is 77.3 Å². The van der Waals surface area contributed by atoms with E-state index in [1.807, 2.05) is 6.92 Å². The van der Waals surface area contributed by atoms with Gasteiger partial charge in [-0.05, 0) is 20.4 Å². The first-order valence-electron chi connectivity index (χ1n) is 5.95. The van der Waals surface area contributed by atoms with E-state index >= 15 is 0 Å². The van der Waals surface area contributed by atoms with Crippen LogP contribution in [-0.2, 0) is 11.3 Å². The van der Waals surface area contributed by atoms with Crippen LogP contribution in [0.5, 0.6) is 0 Å². The Hall–Kier alpha value is -1.53. The minimum atomic E-state index is -0.367.